The van der Waals surface area contributed by atoms with E-state index in [9.17, 15) is 4.79 Å². The number of nitrogens with zero attached hydrogens (tertiary/aromatic N) is 3. The zero-order valence-corrected chi connectivity index (χ0v) is 19.6. The molecule has 0 aliphatic rings. The Labute approximate surface area is 184 Å². The summed E-state index contributed by atoms with van der Waals surface area (Å²) in [4.78, 5) is 17.3. The zero-order chi connectivity index (χ0) is 20.4. The van der Waals surface area contributed by atoms with E-state index in [4.69, 9.17) is 9.47 Å². The molecule has 3 aromatic rings. The zero-order valence-electron chi connectivity index (χ0n) is 15.9. The number of benzene rings is 2. The van der Waals surface area contributed by atoms with Crippen LogP contribution in [0, 0.1) is 10.5 Å². The first kappa shape index (κ1) is 20.8. The lowest BCUT2D eigenvalue weighted by Gasteiger charge is -2.15. The molecule has 3 rings (SSSR count). The Morgan fingerprint density at radius 3 is 2.71 bits per heavy atom. The minimum absolute atomic E-state index is 0.0335. The van der Waals surface area contributed by atoms with Crippen LogP contribution in [-0.4, -0.2) is 29.1 Å². The predicted molar refractivity (Wildman–Crippen MR) is 123 cm³/mol. The third-order valence-corrected chi connectivity index (χ3v) is 5.19. The van der Waals surface area contributed by atoms with Gasteiger partial charge in [0.1, 0.15) is 5.82 Å². The van der Waals surface area contributed by atoms with Crippen molar-refractivity contribution in [2.24, 2.45) is 5.10 Å². The van der Waals surface area contributed by atoms with Crippen LogP contribution in [0.2, 0.25) is 0 Å². The second-order valence-electron chi connectivity index (χ2n) is 6.38. The molecule has 2 aromatic carbocycles. The molecule has 0 N–H and O–H groups in total. The Morgan fingerprint density at radius 1 is 1.29 bits per heavy atom. The number of rotatable bonds is 5. The van der Waals surface area contributed by atoms with Gasteiger partial charge in [-0.05, 0) is 79.3 Å². The van der Waals surface area contributed by atoms with Crippen molar-refractivity contribution < 1.29 is 9.47 Å². The monoisotopic (exact) mass is 555 g/mol. The minimum Gasteiger partial charge on any atom is -0.493 e. The van der Waals surface area contributed by atoms with E-state index in [1.54, 1.807) is 26.3 Å². The van der Waals surface area contributed by atoms with Crippen molar-refractivity contribution in [1.82, 2.24) is 9.66 Å². The van der Waals surface area contributed by atoms with E-state index in [-0.39, 0.29) is 11.7 Å². The van der Waals surface area contributed by atoms with Crippen LogP contribution in [0.5, 0.6) is 11.5 Å². The van der Waals surface area contributed by atoms with Crippen molar-refractivity contribution >= 4 is 55.6 Å². The van der Waals surface area contributed by atoms with Gasteiger partial charge in [-0.3, -0.25) is 4.79 Å². The average molecular weight is 556 g/mol. The summed E-state index contributed by atoms with van der Waals surface area (Å²) in [5, 5.41) is 4.87. The first-order valence-electron chi connectivity index (χ1n) is 8.57. The van der Waals surface area contributed by atoms with Gasteiger partial charge in [-0.2, -0.15) is 9.78 Å². The van der Waals surface area contributed by atoms with E-state index in [1.165, 1.54) is 4.68 Å². The number of hydrogen-bond acceptors (Lipinski definition) is 5. The predicted octanol–water partition coefficient (Wildman–Crippen LogP) is 4.75. The van der Waals surface area contributed by atoms with Gasteiger partial charge in [0.15, 0.2) is 11.5 Å². The van der Waals surface area contributed by atoms with Crippen molar-refractivity contribution in [3.05, 3.63) is 60.1 Å². The van der Waals surface area contributed by atoms with E-state index >= 15 is 0 Å². The number of halogens is 2. The van der Waals surface area contributed by atoms with Gasteiger partial charge in [-0.15, -0.1) is 0 Å². The molecule has 28 heavy (non-hydrogen) atoms. The summed E-state index contributed by atoms with van der Waals surface area (Å²) in [5.41, 5.74) is 1.21. The second kappa shape index (κ2) is 8.60. The maximum atomic E-state index is 12.8. The molecular weight excluding hydrogens is 537 g/mol. The molecule has 146 valence electrons. The smallest absolute Gasteiger partial charge is 0.282 e. The first-order valence-corrected chi connectivity index (χ1v) is 10.4. The van der Waals surface area contributed by atoms with E-state index < -0.39 is 0 Å². The second-order valence-corrected chi connectivity index (χ2v) is 8.46. The highest BCUT2D eigenvalue weighted by molar-refractivity contribution is 14.1. The molecule has 0 saturated heterocycles. The van der Waals surface area contributed by atoms with Crippen molar-refractivity contribution in [3.8, 4) is 11.5 Å². The van der Waals surface area contributed by atoms with Gasteiger partial charge in [0.2, 0.25) is 0 Å². The van der Waals surface area contributed by atoms with Gasteiger partial charge in [0, 0.05) is 4.47 Å². The van der Waals surface area contributed by atoms with Crippen LogP contribution in [0.25, 0.3) is 10.9 Å². The Kier molecular flexibility index (Phi) is 6.39. The normalized spacial score (nSPS) is 11.5. The fourth-order valence-electron chi connectivity index (χ4n) is 2.68. The number of methoxy groups -OCH3 is 1. The molecule has 0 aliphatic carbocycles. The number of aromatic nitrogens is 2. The largest absolute Gasteiger partial charge is 0.493 e. The number of ether oxygens (including phenoxy) is 2. The van der Waals surface area contributed by atoms with E-state index in [2.05, 4.69) is 48.6 Å². The molecule has 0 fully saturated rings. The summed E-state index contributed by atoms with van der Waals surface area (Å²) in [6.45, 7) is 5.68. The summed E-state index contributed by atoms with van der Waals surface area (Å²) in [6.07, 6.45) is 1.65. The lowest BCUT2D eigenvalue weighted by molar-refractivity contribution is 0.228. The minimum atomic E-state index is -0.221. The van der Waals surface area contributed by atoms with Crippen molar-refractivity contribution in [2.45, 2.75) is 26.9 Å². The van der Waals surface area contributed by atoms with E-state index in [1.807, 2.05) is 38.1 Å². The third kappa shape index (κ3) is 4.38. The molecule has 6 nitrogen and oxygen atoms in total. The highest BCUT2D eigenvalue weighted by atomic mass is 127. The van der Waals surface area contributed by atoms with Crippen LogP contribution >= 0.6 is 38.5 Å². The summed E-state index contributed by atoms with van der Waals surface area (Å²) in [6, 6.07) is 9.17. The Balaban J connectivity index is 2.05. The standard InChI is InChI=1S/C20H19BrIN3O3/c1-11(2)28-19-16(22)7-13(8-18(19)27-4)10-23-25-12(3)24-17-6-5-14(21)9-15(17)20(25)26/h5-11H,1-4H3. The lowest BCUT2D eigenvalue weighted by Crippen LogP contribution is -2.20. The third-order valence-electron chi connectivity index (χ3n) is 3.90. The molecule has 0 amide bonds. The van der Waals surface area contributed by atoms with Crippen LogP contribution in [-0.2, 0) is 0 Å². The van der Waals surface area contributed by atoms with Crippen LogP contribution in [0.1, 0.15) is 25.2 Å². The van der Waals surface area contributed by atoms with Crippen molar-refractivity contribution in [2.75, 3.05) is 7.11 Å². The molecule has 1 heterocycles. The van der Waals surface area contributed by atoms with Crippen molar-refractivity contribution in [3.63, 3.8) is 0 Å². The van der Waals surface area contributed by atoms with Gasteiger partial charge < -0.3 is 9.47 Å². The SMILES string of the molecule is COc1cc(C=Nn2c(C)nc3ccc(Br)cc3c2=O)cc(I)c1OC(C)C. The Hall–Kier alpha value is -1.94. The molecular formula is C20H19BrIN3O3. The quantitative estimate of drug-likeness (QED) is 0.336. The Morgan fingerprint density at radius 2 is 2.04 bits per heavy atom. The lowest BCUT2D eigenvalue weighted by atomic mass is 10.2. The molecule has 0 atom stereocenters. The molecule has 1 aromatic heterocycles. The van der Waals surface area contributed by atoms with Crippen LogP contribution < -0.4 is 15.0 Å². The Bertz CT molecular complexity index is 1130. The summed E-state index contributed by atoms with van der Waals surface area (Å²) in [7, 11) is 1.60. The number of aryl methyl sites for hydroxylation is 1. The van der Waals surface area contributed by atoms with Gasteiger partial charge >= 0.3 is 0 Å². The molecule has 0 unspecified atom stereocenters. The van der Waals surface area contributed by atoms with Gasteiger partial charge in [-0.1, -0.05) is 15.9 Å². The fourth-order valence-corrected chi connectivity index (χ4v) is 3.80. The van der Waals surface area contributed by atoms with Crippen LogP contribution in [0.4, 0.5) is 0 Å². The van der Waals surface area contributed by atoms with Crippen LogP contribution in [0.3, 0.4) is 0 Å². The van der Waals surface area contributed by atoms with Gasteiger partial charge in [-0.25, -0.2) is 4.98 Å². The molecule has 0 spiro atoms. The molecule has 0 bridgehead atoms. The number of hydrogen-bond donors (Lipinski definition) is 0. The maximum Gasteiger partial charge on any atom is 0.282 e. The highest BCUT2D eigenvalue weighted by Gasteiger charge is 2.13. The molecule has 0 radical (unpaired) electrons. The van der Waals surface area contributed by atoms with E-state index in [0.717, 1.165) is 13.6 Å². The van der Waals surface area contributed by atoms with Crippen LogP contribution in [0.15, 0.2) is 44.7 Å². The van der Waals surface area contributed by atoms with Crippen molar-refractivity contribution in [1.29, 1.82) is 0 Å². The molecule has 0 saturated carbocycles. The van der Waals surface area contributed by atoms with E-state index in [0.29, 0.717) is 28.2 Å². The summed E-state index contributed by atoms with van der Waals surface area (Å²) < 4.78 is 14.3. The summed E-state index contributed by atoms with van der Waals surface area (Å²) >= 11 is 5.59. The average Bonchev–Trinajstić information content (AvgIpc) is 2.64. The first-order chi connectivity index (χ1) is 13.3. The maximum absolute atomic E-state index is 12.8. The topological polar surface area (TPSA) is 65.7 Å². The summed E-state index contributed by atoms with van der Waals surface area (Å²) in [5.74, 6) is 1.82. The molecule has 8 heteroatoms. The van der Waals surface area contributed by atoms with Gasteiger partial charge in [0.05, 0.1) is 33.9 Å². The number of fused-ring (bicyclic) bond motifs is 1. The molecule has 0 aliphatic heterocycles. The highest BCUT2D eigenvalue weighted by Crippen LogP contribution is 2.34. The fraction of sp³-hybridized carbons (Fsp3) is 0.250. The van der Waals surface area contributed by atoms with Gasteiger partial charge in [0.25, 0.3) is 5.56 Å².